The van der Waals surface area contributed by atoms with Gasteiger partial charge in [-0.2, -0.15) is 0 Å². The van der Waals surface area contributed by atoms with Gasteiger partial charge in [-0.25, -0.2) is 20.3 Å². The van der Waals surface area contributed by atoms with Gasteiger partial charge in [0.1, 0.15) is 40.3 Å². The summed E-state index contributed by atoms with van der Waals surface area (Å²) in [6.07, 6.45) is 1.43. The van der Waals surface area contributed by atoms with Crippen molar-refractivity contribution in [1.29, 1.82) is 0 Å². The van der Waals surface area contributed by atoms with Crippen LogP contribution in [0.2, 0.25) is 0 Å². The van der Waals surface area contributed by atoms with Gasteiger partial charge in [-0.15, -0.1) is 24.8 Å². The number of nitrogen functional groups attached to an aromatic ring is 1. The molecule has 31 nitrogen and oxygen atoms in total. The van der Waals surface area contributed by atoms with Crippen LogP contribution in [0.4, 0.5) is 5.69 Å². The Kier molecular flexibility index (Phi) is 63.5. The zero-order valence-corrected chi connectivity index (χ0v) is 84.9. The number of carboxylic acids is 1. The number of Topliss-reactive ketones (excluding diaryl/α,β-unsaturated/α-hetero) is 2. The van der Waals surface area contributed by atoms with Crippen molar-refractivity contribution in [3.05, 3.63) is 235 Å². The van der Waals surface area contributed by atoms with Crippen molar-refractivity contribution in [3.63, 3.8) is 0 Å². The largest absolute Gasteiger partial charge is 0.477 e. The van der Waals surface area contributed by atoms with E-state index in [1.807, 2.05) is 120 Å². The van der Waals surface area contributed by atoms with Crippen molar-refractivity contribution in [2.24, 2.45) is 22.5 Å². The quantitative estimate of drug-likeness (QED) is 0.00613. The molecule has 0 aliphatic rings. The molecular formula is C86H106Br6Cl3N9O22. The van der Waals surface area contributed by atoms with Gasteiger partial charge in [-0.1, -0.05) is 140 Å². The van der Waals surface area contributed by atoms with Gasteiger partial charge in [-0.05, 0) is 230 Å². The van der Waals surface area contributed by atoms with Crippen LogP contribution in [0, 0.1) is 33.6 Å². The number of nitrogens with zero attached hydrogens (tertiary/aromatic N) is 5. The molecule has 0 amide bonds. The number of aromatic carboxylic acids is 1. The molecule has 0 fully saturated rings. The molecule has 10 aromatic rings. The number of carbonyl (C=O) groups is 9. The number of aliphatic hydroxyl groups is 2. The van der Waals surface area contributed by atoms with Gasteiger partial charge in [0.05, 0.1) is 57.5 Å². The van der Waals surface area contributed by atoms with Crippen molar-refractivity contribution < 1.29 is 105 Å². The molecule has 10 rings (SSSR count). The number of ketones is 2. The first-order valence-corrected chi connectivity index (χ1v) is 41.3. The number of aliphatic imine (C=N–C) groups is 1. The minimum absolute atomic E-state index is 0. The Labute approximate surface area is 799 Å². The van der Waals surface area contributed by atoms with Gasteiger partial charge in [0.25, 0.3) is 5.24 Å². The third-order valence-electron chi connectivity index (χ3n) is 14.6. The molecule has 0 saturated carbocycles. The second kappa shape index (κ2) is 65.2. The van der Waals surface area contributed by atoms with E-state index < -0.39 is 46.2 Å². The van der Waals surface area contributed by atoms with E-state index in [-0.39, 0.29) is 72.5 Å². The molecule has 40 heteroatoms. The highest BCUT2D eigenvalue weighted by atomic mass is 79.9. The van der Waals surface area contributed by atoms with Crippen LogP contribution in [-0.4, -0.2) is 167 Å². The van der Waals surface area contributed by atoms with Gasteiger partial charge in [0, 0.05) is 104 Å². The molecule has 6 aromatic carbocycles. The Morgan fingerprint density at radius 1 is 0.516 bits per heavy atom. The van der Waals surface area contributed by atoms with Crippen LogP contribution in [0.5, 0.6) is 0 Å². The number of nitrogens with two attached hydrogens (primary N) is 3. The molecule has 0 spiro atoms. The highest BCUT2D eigenvalue weighted by Crippen LogP contribution is 2.33. The topological polar surface area (TPSA) is 487 Å². The lowest BCUT2D eigenvalue weighted by atomic mass is 9.94. The van der Waals surface area contributed by atoms with Crippen LogP contribution >= 0.6 is 132 Å². The third-order valence-corrected chi connectivity index (χ3v) is 18.0. The number of esters is 5. The summed E-state index contributed by atoms with van der Waals surface area (Å²) in [7, 11) is 11.0. The van der Waals surface area contributed by atoms with Crippen LogP contribution in [0.15, 0.2) is 207 Å². The predicted molar refractivity (Wildman–Crippen MR) is 510 cm³/mol. The van der Waals surface area contributed by atoms with Crippen LogP contribution in [0.1, 0.15) is 139 Å². The summed E-state index contributed by atoms with van der Waals surface area (Å²) in [6, 6.07) is 43.7. The van der Waals surface area contributed by atoms with Crippen LogP contribution in [0.25, 0.3) is 45.3 Å². The van der Waals surface area contributed by atoms with Crippen molar-refractivity contribution in [1.82, 2.24) is 25.9 Å². The number of aryl methyl sites for hydroxylation is 4. The zero-order valence-electron chi connectivity index (χ0n) is 73.0. The minimum atomic E-state index is -1.03. The fraction of sp³-hybridized carbons (Fsp3) is 0.302. The number of aromatic nitrogens is 4. The lowest BCUT2D eigenvalue weighted by Gasteiger charge is -2.19. The van der Waals surface area contributed by atoms with Gasteiger partial charge in [0.15, 0.2) is 34.7 Å². The number of hydrogen-bond donors (Lipinski definition) is 8. The normalized spacial score (nSPS) is 10.3. The summed E-state index contributed by atoms with van der Waals surface area (Å²) < 4.78 is 49.7. The average molecular weight is 2200 g/mol. The number of carboxylic acid groups (broad SMARTS) is 1. The van der Waals surface area contributed by atoms with E-state index in [2.05, 4.69) is 152 Å². The fourth-order valence-electron chi connectivity index (χ4n) is 8.72. The van der Waals surface area contributed by atoms with E-state index in [0.29, 0.717) is 68.0 Å². The van der Waals surface area contributed by atoms with E-state index in [4.69, 9.17) is 65.4 Å². The van der Waals surface area contributed by atoms with Gasteiger partial charge in [0.2, 0.25) is 0 Å². The molecular weight excluding hydrogens is 2100 g/mol. The Hall–Kier alpha value is -9.45. The molecule has 1 unspecified atom stereocenters. The molecule has 0 radical (unpaired) electrons. The van der Waals surface area contributed by atoms with Crippen molar-refractivity contribution in [2.45, 2.75) is 114 Å². The molecule has 126 heavy (non-hydrogen) atoms. The third kappa shape index (κ3) is 47.9. The SMILES string of the molecule is CC(C)(C)O.CN.CN=C(C)C(C(=O)OC)C(=O)c1ccc(Br)cc1.CNC(C)=CC(=O)OC.CO.COC(=O)CC(C)=O.COC(=O)c1c(C)noc1-c1ccc(Br)cc1.Cc1noc(-c2ccc(Br)cc2)c1C(=O)O.Cc1noc(-c2ccc(Br)cc2)c1CC(=O)OC(C)(C)C.Cc1noc(-c2ccc(Br)cc2)c1N.Cl.Cl.NO.O=C(Cl)c1ccc(Br)cc1. The summed E-state index contributed by atoms with van der Waals surface area (Å²) in [5.74, 6) is 0.867. The zero-order chi connectivity index (χ0) is 95.5. The Bertz CT molecular complexity index is 5010. The van der Waals surface area contributed by atoms with Crippen molar-refractivity contribution in [3.8, 4) is 45.3 Å². The smallest absolute Gasteiger partial charge is 0.343 e. The van der Waals surface area contributed by atoms with Crippen molar-refractivity contribution in [2.75, 3.05) is 62.4 Å². The molecule has 0 aliphatic heterocycles. The molecule has 1 atom stereocenters. The lowest BCUT2D eigenvalue weighted by molar-refractivity contribution is -0.154. The van der Waals surface area contributed by atoms with Gasteiger partial charge >= 0.3 is 35.8 Å². The van der Waals surface area contributed by atoms with Crippen molar-refractivity contribution >= 4 is 196 Å². The Morgan fingerprint density at radius 2 is 0.849 bits per heavy atom. The second-order valence-corrected chi connectivity index (χ2v) is 32.2. The predicted octanol–water partition coefficient (Wildman–Crippen LogP) is 19.5. The standard InChI is InChI=1S/C16H18BrNO3.C13H14BrNO3.C12H10BrNO3.C11H8BrNO3.C10H9BrN2O.C7H4BrClO.C6H11NO2.C5H8O3.C4H10O.CH5N.CH4O.2ClH.H3NO/c1-10-13(9-14(19)20-16(2,3)4)15(21-18-10)11-5-7-12(17)8-6-11;1-8(15-2)11(13(17)18-3)12(16)9-4-6-10(14)7-5-9;1-7-10(12(15)16-2)11(17-14-7)8-3-5-9(13)6-4-8;1-6-9(11(14)15)10(16-13-6)7-2-4-8(12)5-3-7;1-6-9(12)10(14-13-6)7-2-4-8(11)5-3-7;8-6-3-1-5(2-4-6)7(9)10;1-5(7-2)4-6(8)9-3;1-4(6)3-5(7)8-2;1-4(2,3)5;2*1-2;;;1-2/h5-8H,9H2,1-4H3;4-7,11H,1-3H3;3-6H,1-2H3;2-5H,1H3,(H,14,15);2-5H,12H2,1H3;1-4H;4,7H,1-3H3;3H2,1-2H3;5H,1-3H3;2H2,1H3;2H,1H3;2*1H;2H,1H2. The highest BCUT2D eigenvalue weighted by Gasteiger charge is 2.31. The number of aliphatic hydroxyl groups excluding tert-OH is 1. The number of carbonyl (C=O) groups excluding carboxylic acids is 8. The van der Waals surface area contributed by atoms with Gasteiger partial charge in [-0.3, -0.25) is 33.8 Å². The van der Waals surface area contributed by atoms with E-state index in [9.17, 15) is 43.2 Å². The van der Waals surface area contributed by atoms with E-state index in [0.717, 1.165) is 67.6 Å². The number of ether oxygens (including phenoxy) is 5. The number of nitrogens with one attached hydrogen (secondary N) is 1. The summed E-state index contributed by atoms with van der Waals surface area (Å²) in [5.41, 5.74) is 19.0. The molecule has 4 aromatic heterocycles. The summed E-state index contributed by atoms with van der Waals surface area (Å²) in [5, 5.41) is 48.7. The number of halogens is 9. The monoisotopic (exact) mass is 2200 g/mol. The molecule has 0 bridgehead atoms. The highest BCUT2D eigenvalue weighted by molar-refractivity contribution is 9.11. The Morgan fingerprint density at radius 3 is 1.16 bits per heavy atom. The number of allylic oxidation sites excluding steroid dienone is 1. The summed E-state index contributed by atoms with van der Waals surface area (Å²) in [6.45, 7) is 22.5. The second-order valence-electron chi connectivity index (χ2n) is 26.3. The van der Waals surface area contributed by atoms with E-state index >= 15 is 0 Å². The summed E-state index contributed by atoms with van der Waals surface area (Å²) >= 11 is 25.1. The van der Waals surface area contributed by atoms with E-state index in [1.54, 1.807) is 123 Å². The van der Waals surface area contributed by atoms with Crippen LogP contribution in [0.3, 0.4) is 0 Å². The number of rotatable bonds is 17. The molecule has 4 heterocycles. The first kappa shape index (κ1) is 123. The van der Waals surface area contributed by atoms with Crippen LogP contribution in [-0.2, 0) is 54.1 Å². The number of benzene rings is 6. The molecule has 690 valence electrons. The maximum atomic E-state index is 12.3. The fourth-order valence-corrected chi connectivity index (χ4v) is 10.4. The number of anilines is 1. The minimum Gasteiger partial charge on any atom is -0.477 e. The Balaban J connectivity index is -0.000000672. The van der Waals surface area contributed by atoms with Crippen LogP contribution < -0.4 is 22.7 Å². The summed E-state index contributed by atoms with van der Waals surface area (Å²) in [4.78, 5) is 104. The van der Waals surface area contributed by atoms with E-state index in [1.165, 1.54) is 48.5 Å². The molecule has 11 N–H and O–H groups in total. The first-order chi connectivity index (χ1) is 58.2. The molecule has 0 saturated heterocycles. The average Bonchev–Trinajstić information content (AvgIpc) is 1.67. The maximum Gasteiger partial charge on any atom is 0.343 e. The lowest BCUT2D eigenvalue weighted by Crippen LogP contribution is -2.31. The molecule has 0 aliphatic carbocycles. The maximum absolute atomic E-state index is 12.3. The number of hydrogen-bond acceptors (Lipinski definition) is 30. The first-order valence-electron chi connectivity index (χ1n) is 36.2. The van der Waals surface area contributed by atoms with Gasteiger partial charge < -0.3 is 79.1 Å². The number of methoxy groups -OCH3 is 4.